The third-order valence-electron chi connectivity index (χ3n) is 8.66. The molecule has 6 N–H and O–H groups in total. The van der Waals surface area contributed by atoms with Crippen LogP contribution in [0.1, 0.15) is 219 Å². The molecule has 0 spiro atoms. The number of hydrogen-bond acceptors (Lipinski definition) is 10. The molecule has 1 rings (SSSR count). The van der Waals surface area contributed by atoms with Gasteiger partial charge in [0.1, 0.15) is 0 Å². The molecule has 0 fully saturated rings. The van der Waals surface area contributed by atoms with E-state index in [0.717, 1.165) is 25.7 Å². The van der Waals surface area contributed by atoms with Crippen LogP contribution in [0.15, 0.2) is 0 Å². The number of carboxylic acids is 2. The Morgan fingerprint density at radius 1 is 0.380 bits per heavy atom. The molecule has 11 heteroatoms. The third kappa shape index (κ3) is 48.7. The van der Waals surface area contributed by atoms with Gasteiger partial charge in [0.25, 0.3) is 0 Å². The summed E-state index contributed by atoms with van der Waals surface area (Å²) in [6, 6.07) is 0. The molecule has 1 aromatic rings. The van der Waals surface area contributed by atoms with Gasteiger partial charge in [-0.15, -0.1) is 0 Å². The summed E-state index contributed by atoms with van der Waals surface area (Å²) in [6.07, 6.45) is 39.7. The van der Waals surface area contributed by atoms with Crippen LogP contribution in [0.5, 0.6) is 0 Å². The maximum absolute atomic E-state index is 10.2. The van der Waals surface area contributed by atoms with E-state index in [1.807, 2.05) is 0 Å². The fourth-order valence-corrected chi connectivity index (χ4v) is 5.71. The van der Waals surface area contributed by atoms with Crippen LogP contribution in [-0.4, -0.2) is 64.6 Å². The zero-order valence-electron chi connectivity index (χ0n) is 32.5. The van der Waals surface area contributed by atoms with E-state index in [1.54, 1.807) is 0 Å². The standard InChI is InChI=1S/2C18H36O2.C3H6N6.Ca/c2*1-2-3-4-5-6-7-8-9-10-11-12-13-14-15-16-17-18(19)20;4-1-7-2(5)9-3(6)8-1;/h2*2-17H2,1H3,(H,19,20);(H6,4,5,6,7,8,9);/q;;;+2/p-2. The van der Waals surface area contributed by atoms with Gasteiger partial charge in [-0.3, -0.25) is 0 Å². The van der Waals surface area contributed by atoms with Crippen LogP contribution < -0.4 is 27.4 Å². The molecule has 0 saturated carbocycles. The molecule has 0 bridgehead atoms. The van der Waals surface area contributed by atoms with Crippen molar-refractivity contribution in [1.82, 2.24) is 15.0 Å². The van der Waals surface area contributed by atoms with Crippen LogP contribution in [0, 0.1) is 0 Å². The van der Waals surface area contributed by atoms with Gasteiger partial charge in [-0.2, -0.15) is 15.0 Å². The van der Waals surface area contributed by atoms with Crippen LogP contribution in [0.25, 0.3) is 0 Å². The Morgan fingerprint density at radius 3 is 0.700 bits per heavy atom. The van der Waals surface area contributed by atoms with Crippen molar-refractivity contribution in [3.05, 3.63) is 0 Å². The third-order valence-corrected chi connectivity index (χ3v) is 8.66. The molecule has 50 heavy (non-hydrogen) atoms. The van der Waals surface area contributed by atoms with E-state index in [2.05, 4.69) is 28.8 Å². The minimum absolute atomic E-state index is 0. The van der Waals surface area contributed by atoms with Crippen molar-refractivity contribution in [2.45, 2.75) is 219 Å². The largest absolute Gasteiger partial charge is 2.00 e. The number of carbonyl (C=O) groups excluding carboxylic acids is 2. The second-order valence-corrected chi connectivity index (χ2v) is 13.6. The van der Waals surface area contributed by atoms with E-state index in [1.165, 1.54) is 167 Å². The van der Waals surface area contributed by atoms with Gasteiger partial charge in [-0.05, 0) is 25.7 Å². The maximum Gasteiger partial charge on any atom is 2.00 e. The molecule has 288 valence electrons. The van der Waals surface area contributed by atoms with Gasteiger partial charge < -0.3 is 37.0 Å². The molecule has 1 heterocycles. The van der Waals surface area contributed by atoms with Gasteiger partial charge in [-0.25, -0.2) is 0 Å². The molecule has 0 aliphatic rings. The summed E-state index contributed by atoms with van der Waals surface area (Å²) in [5, 5.41) is 20.4. The van der Waals surface area contributed by atoms with Crippen LogP contribution >= 0.6 is 0 Å². The van der Waals surface area contributed by atoms with Crippen molar-refractivity contribution in [3.63, 3.8) is 0 Å². The van der Waals surface area contributed by atoms with Crippen molar-refractivity contribution in [1.29, 1.82) is 0 Å². The predicted molar refractivity (Wildman–Crippen MR) is 208 cm³/mol. The summed E-state index contributed by atoms with van der Waals surface area (Å²) in [5.74, 6) is -1.68. The SMILES string of the molecule is CCCCCCCCCCCCCCCCCC(=O)[O-].CCCCCCCCCCCCCCCCCC(=O)[O-].Nc1nc(N)nc(N)n1.[Ca+2]. The van der Waals surface area contributed by atoms with Crippen molar-refractivity contribution >= 4 is 67.5 Å². The monoisotopic (exact) mass is 733 g/mol. The zero-order chi connectivity index (χ0) is 36.6. The molecule has 0 unspecified atom stereocenters. The molecule has 0 aromatic carbocycles. The first-order valence-electron chi connectivity index (χ1n) is 20.1. The summed E-state index contributed by atoms with van der Waals surface area (Å²) in [6.45, 7) is 4.53. The van der Waals surface area contributed by atoms with Crippen LogP contribution in [0.2, 0.25) is 0 Å². The van der Waals surface area contributed by atoms with Crippen molar-refractivity contribution in [2.24, 2.45) is 0 Å². The Bertz CT molecular complexity index is 771. The van der Waals surface area contributed by atoms with Gasteiger partial charge in [-0.1, -0.05) is 194 Å². The summed E-state index contributed by atoms with van der Waals surface area (Å²) in [7, 11) is 0. The first kappa shape index (κ1) is 53.0. The molecule has 0 aliphatic heterocycles. The van der Waals surface area contributed by atoms with Gasteiger partial charge in [0, 0.05) is 11.9 Å². The van der Waals surface area contributed by atoms with Gasteiger partial charge in [0.15, 0.2) is 0 Å². The first-order valence-corrected chi connectivity index (χ1v) is 20.1. The summed E-state index contributed by atoms with van der Waals surface area (Å²) < 4.78 is 0. The molecule has 0 radical (unpaired) electrons. The number of aliphatic carboxylic acids is 2. The van der Waals surface area contributed by atoms with E-state index in [4.69, 9.17) is 17.2 Å². The van der Waals surface area contributed by atoms with Gasteiger partial charge in [0.05, 0.1) is 0 Å². The van der Waals surface area contributed by atoms with Gasteiger partial charge >= 0.3 is 37.7 Å². The van der Waals surface area contributed by atoms with Crippen LogP contribution in [0.4, 0.5) is 17.8 Å². The van der Waals surface area contributed by atoms with Gasteiger partial charge in [0.2, 0.25) is 17.8 Å². The fraction of sp³-hybridized carbons (Fsp3) is 0.872. The second kappa shape index (κ2) is 43.8. The summed E-state index contributed by atoms with van der Waals surface area (Å²) in [4.78, 5) is 30.9. The number of hydrogen-bond donors (Lipinski definition) is 3. The molecule has 0 aliphatic carbocycles. The van der Waals surface area contributed by atoms with E-state index >= 15 is 0 Å². The van der Waals surface area contributed by atoms with E-state index in [0.29, 0.717) is 0 Å². The molecular weight excluding hydrogens is 657 g/mol. The number of nitrogens with two attached hydrogens (primary N) is 3. The topological polar surface area (TPSA) is 197 Å². The number of rotatable bonds is 32. The normalized spacial score (nSPS) is 10.4. The first-order chi connectivity index (χ1) is 23.7. The van der Waals surface area contributed by atoms with Crippen LogP contribution in [-0.2, 0) is 9.59 Å². The number of nitrogen functional groups attached to an aromatic ring is 3. The Kier molecular flexibility index (Phi) is 46.4. The van der Waals surface area contributed by atoms with Crippen molar-refractivity contribution < 1.29 is 19.8 Å². The average molecular weight is 733 g/mol. The maximum atomic E-state index is 10.2. The number of aromatic nitrogens is 3. The average Bonchev–Trinajstić information content (AvgIpc) is 3.04. The Labute approximate surface area is 336 Å². The number of carbonyl (C=O) groups is 2. The molecular formula is C39H76CaN6O4. The Balaban J connectivity index is -0.000000699. The summed E-state index contributed by atoms with van der Waals surface area (Å²) in [5.41, 5.74) is 15.4. The van der Waals surface area contributed by atoms with Crippen molar-refractivity contribution in [3.8, 4) is 0 Å². The fourth-order valence-electron chi connectivity index (χ4n) is 5.71. The van der Waals surface area contributed by atoms with E-state index in [9.17, 15) is 19.8 Å². The molecule has 0 saturated heterocycles. The quantitative estimate of drug-likeness (QED) is 0.0479. The molecule has 0 amide bonds. The predicted octanol–water partition coefficient (Wildman–Crippen LogP) is 8.23. The molecule has 0 atom stereocenters. The minimum Gasteiger partial charge on any atom is -0.550 e. The van der Waals surface area contributed by atoms with E-state index in [-0.39, 0.29) is 68.4 Å². The smallest absolute Gasteiger partial charge is 0.550 e. The summed E-state index contributed by atoms with van der Waals surface area (Å²) >= 11 is 0. The Morgan fingerprint density at radius 2 is 0.540 bits per heavy atom. The molecule has 1 aromatic heterocycles. The number of unbranched alkanes of at least 4 members (excludes halogenated alkanes) is 28. The minimum atomic E-state index is -0.903. The zero-order valence-corrected chi connectivity index (χ0v) is 34.7. The van der Waals surface area contributed by atoms with E-state index < -0.39 is 11.9 Å². The number of anilines is 3. The number of carboxylic acid groups (broad SMARTS) is 2. The Hall–Kier alpha value is -1.39. The molecule has 10 nitrogen and oxygen atoms in total. The van der Waals surface area contributed by atoms with Crippen LogP contribution in [0.3, 0.4) is 0 Å². The van der Waals surface area contributed by atoms with Crippen molar-refractivity contribution in [2.75, 3.05) is 17.2 Å². The number of nitrogens with zero attached hydrogens (tertiary/aromatic N) is 3. The second-order valence-electron chi connectivity index (χ2n) is 13.6.